The van der Waals surface area contributed by atoms with Crippen molar-refractivity contribution < 1.29 is 0 Å². The van der Waals surface area contributed by atoms with Crippen molar-refractivity contribution in [2.24, 2.45) is 0 Å². The highest BCUT2D eigenvalue weighted by Gasteiger charge is 2.33. The molecule has 0 amide bonds. The van der Waals surface area contributed by atoms with Crippen molar-refractivity contribution in [3.05, 3.63) is 0 Å². The molecule has 3 rings (SSSR count). The Kier molecular flexibility index (Phi) is 7.63. The van der Waals surface area contributed by atoms with E-state index in [-0.39, 0.29) is 0 Å². The average molecular weight is 332 g/mol. The molecule has 2 saturated carbocycles. The topological polar surface area (TPSA) is 0 Å². The fourth-order valence-corrected chi connectivity index (χ4v) is 8.58. The van der Waals surface area contributed by atoms with E-state index < -0.39 is 0 Å². The van der Waals surface area contributed by atoms with Crippen LogP contribution in [0.15, 0.2) is 0 Å². The van der Waals surface area contributed by atoms with E-state index >= 15 is 0 Å². The van der Waals surface area contributed by atoms with Crippen LogP contribution in [0.4, 0.5) is 0 Å². The predicted octanol–water partition coefficient (Wildman–Crippen LogP) is 3.58. The van der Waals surface area contributed by atoms with E-state index in [1.165, 1.54) is 90.9 Å². The first-order valence-electron chi connectivity index (χ1n) is 10.1. The second kappa shape index (κ2) is 9.44. The molecule has 0 spiro atoms. The van der Waals surface area contributed by atoms with E-state index in [2.05, 4.69) is 31.0 Å². The Morgan fingerprint density at radius 2 is 1.32 bits per heavy atom. The van der Waals surface area contributed by atoms with Crippen LogP contribution in [0.3, 0.4) is 0 Å². The molecule has 0 aromatic carbocycles. The van der Waals surface area contributed by atoms with Crippen molar-refractivity contribution >= 4 is 51.2 Å². The van der Waals surface area contributed by atoms with E-state index in [9.17, 15) is 0 Å². The van der Waals surface area contributed by atoms with Gasteiger partial charge in [0.05, 0.1) is 14.9 Å². The van der Waals surface area contributed by atoms with E-state index in [1.54, 1.807) is 0 Å². The minimum Gasteiger partial charge on any atom is -0.210 e. The molecule has 1 heterocycles. The van der Waals surface area contributed by atoms with Gasteiger partial charge in [-0.05, 0) is 12.8 Å². The lowest BCUT2D eigenvalue weighted by molar-refractivity contribution is 0.500. The Labute approximate surface area is 149 Å². The maximum absolute atomic E-state index is 2.41. The van der Waals surface area contributed by atoms with Crippen LogP contribution in [-0.2, 0) is 0 Å². The fraction of sp³-hybridized carbons (Fsp3) is 1.00. The van der Waals surface area contributed by atoms with Crippen LogP contribution < -0.4 is 0 Å². The molecule has 3 fully saturated rings. The van der Waals surface area contributed by atoms with Gasteiger partial charge in [0.2, 0.25) is 0 Å². The molecular weight excluding hydrogens is 300 g/mol. The van der Waals surface area contributed by atoms with Gasteiger partial charge in [-0.25, -0.2) is 23.2 Å². The Morgan fingerprint density at radius 3 is 1.95 bits per heavy atom. The van der Waals surface area contributed by atoms with Crippen LogP contribution in [0, 0.1) is 0 Å². The van der Waals surface area contributed by atoms with Gasteiger partial charge in [-0.1, -0.05) is 75.2 Å². The number of fused-ring (bicyclic) bond motifs is 2. The third-order valence-electron chi connectivity index (χ3n) is 6.57. The Hall–Kier alpha value is 0.960. The third-order valence-corrected chi connectivity index (χ3v) is 9.97. The molecule has 0 N–H and O–H groups in total. The number of hydrogen-bond donors (Lipinski definition) is 0. The molecule has 22 heavy (non-hydrogen) atoms. The number of hydrogen-bond acceptors (Lipinski definition) is 2. The summed E-state index contributed by atoms with van der Waals surface area (Å²) in [6, 6.07) is 0. The van der Waals surface area contributed by atoms with Crippen LogP contribution in [-0.4, -0.2) is 38.5 Å². The van der Waals surface area contributed by atoms with E-state index in [4.69, 9.17) is 0 Å². The molecule has 0 bridgehead atoms. The lowest BCUT2D eigenvalue weighted by atomic mass is 9.44. The molecule has 0 aromatic rings. The average Bonchev–Trinajstić information content (AvgIpc) is 2.48. The zero-order valence-corrected chi connectivity index (χ0v) is 16.2. The van der Waals surface area contributed by atoms with Gasteiger partial charge < -0.3 is 0 Å². The summed E-state index contributed by atoms with van der Waals surface area (Å²) in [6.45, 7) is 2.98. The quantitative estimate of drug-likeness (QED) is 0.674. The molecule has 5 atom stereocenters. The summed E-state index contributed by atoms with van der Waals surface area (Å²) in [5.41, 5.74) is 0. The third kappa shape index (κ3) is 4.98. The lowest BCUT2D eigenvalue weighted by Crippen LogP contribution is -2.30. The maximum Gasteiger partial charge on any atom is 0.194 e. The highest BCUT2D eigenvalue weighted by Crippen LogP contribution is 2.47. The fourth-order valence-electron chi connectivity index (χ4n) is 4.87. The summed E-state index contributed by atoms with van der Waals surface area (Å²) in [5, 5.41) is 1.97. The van der Waals surface area contributed by atoms with Gasteiger partial charge in [0.25, 0.3) is 0 Å². The Morgan fingerprint density at radius 1 is 0.682 bits per heavy atom. The van der Waals surface area contributed by atoms with Gasteiger partial charge in [0.15, 0.2) is 13.1 Å². The second-order valence-corrected chi connectivity index (χ2v) is 10.6. The molecule has 0 radical (unpaired) electrons. The van der Waals surface area contributed by atoms with Crippen LogP contribution in [0.1, 0.15) is 70.6 Å². The Balaban J connectivity index is 1.60. The van der Waals surface area contributed by atoms with Gasteiger partial charge in [-0.2, -0.15) is 0 Å². The standard InChI is InChI=1S/C16H32B4S2/c17-18-12-6-5-7-13-14(11-10-12)20-22-16-9-4-2-1-3-8-15(16)21-19-13/h12-16,18-20H,1-11,17H2. The second-order valence-electron chi connectivity index (χ2n) is 8.04. The van der Waals surface area contributed by atoms with Crippen LogP contribution in [0.2, 0.25) is 17.5 Å². The monoisotopic (exact) mass is 332 g/mol. The first kappa shape index (κ1) is 17.8. The minimum absolute atomic E-state index is 0.985. The van der Waals surface area contributed by atoms with E-state index in [1.807, 2.05) is 0 Å². The van der Waals surface area contributed by atoms with Crippen molar-refractivity contribution in [3.63, 3.8) is 0 Å². The first-order valence-corrected chi connectivity index (χ1v) is 12.2. The molecule has 1 saturated heterocycles. The van der Waals surface area contributed by atoms with Crippen LogP contribution >= 0.6 is 23.2 Å². The Bertz CT molecular complexity index is 331. The summed E-state index contributed by atoms with van der Waals surface area (Å²) < 4.78 is 0. The minimum atomic E-state index is 0.985. The van der Waals surface area contributed by atoms with Crippen molar-refractivity contribution in [2.75, 3.05) is 0 Å². The van der Waals surface area contributed by atoms with Crippen LogP contribution in [0.25, 0.3) is 0 Å². The molecule has 120 valence electrons. The van der Waals surface area contributed by atoms with Gasteiger partial charge in [0, 0.05) is 10.5 Å². The molecule has 2 aliphatic carbocycles. The molecule has 6 heteroatoms. The summed E-state index contributed by atoms with van der Waals surface area (Å²) in [7, 11) is 3.83. The highest BCUT2D eigenvalue weighted by molar-refractivity contribution is 8.26. The smallest absolute Gasteiger partial charge is 0.194 e. The summed E-state index contributed by atoms with van der Waals surface area (Å²) in [4.78, 5) is 0. The van der Waals surface area contributed by atoms with E-state index in [0.717, 1.165) is 28.0 Å². The van der Waals surface area contributed by atoms with Gasteiger partial charge in [-0.15, -0.1) is 0 Å². The maximum atomic E-state index is 2.41. The largest absolute Gasteiger partial charge is 0.210 e. The SMILES string of the molecule is BBC1CCCC2BSC3CCCCCCC3SBC2CC1. The van der Waals surface area contributed by atoms with Gasteiger partial charge >= 0.3 is 0 Å². The summed E-state index contributed by atoms with van der Waals surface area (Å²) in [5.74, 6) is 3.12. The predicted molar refractivity (Wildman–Crippen MR) is 115 cm³/mol. The highest BCUT2D eigenvalue weighted by atomic mass is 32.2. The zero-order chi connectivity index (χ0) is 15.2. The van der Waals surface area contributed by atoms with Crippen LogP contribution in [0.5, 0.6) is 0 Å². The number of rotatable bonds is 1. The van der Waals surface area contributed by atoms with Crippen molar-refractivity contribution in [1.29, 1.82) is 0 Å². The lowest BCUT2D eigenvalue weighted by Gasteiger charge is -2.37. The van der Waals surface area contributed by atoms with Crippen molar-refractivity contribution in [1.82, 2.24) is 0 Å². The first-order chi connectivity index (χ1) is 10.9. The molecule has 1 aliphatic heterocycles. The normalized spacial score (nSPS) is 40.6. The molecule has 0 nitrogen and oxygen atoms in total. The van der Waals surface area contributed by atoms with E-state index in [0.29, 0.717) is 0 Å². The van der Waals surface area contributed by atoms with Gasteiger partial charge in [-0.3, -0.25) is 0 Å². The van der Waals surface area contributed by atoms with Gasteiger partial charge in [0.1, 0.15) is 0 Å². The van der Waals surface area contributed by atoms with Crippen molar-refractivity contribution in [3.8, 4) is 0 Å². The summed E-state index contributed by atoms with van der Waals surface area (Å²) in [6.07, 6.45) is 16.6. The summed E-state index contributed by atoms with van der Waals surface area (Å²) >= 11 is 4.79. The molecule has 0 aromatic heterocycles. The molecule has 5 unspecified atom stereocenters. The molecule has 3 aliphatic rings. The zero-order valence-electron chi connectivity index (χ0n) is 14.6. The molecular formula is C16H32B4S2. The van der Waals surface area contributed by atoms with Crippen molar-refractivity contribution in [2.45, 2.75) is 98.6 Å².